The third-order valence-electron chi connectivity index (χ3n) is 2.38. The number of hydrogen-bond acceptors (Lipinski definition) is 2. The summed E-state index contributed by atoms with van der Waals surface area (Å²) in [4.78, 5) is 1.33. The molecule has 1 aromatic carbocycles. The van der Waals surface area contributed by atoms with Crippen molar-refractivity contribution in [3.05, 3.63) is 42.2 Å². The third kappa shape index (κ3) is 2.55. The van der Waals surface area contributed by atoms with Gasteiger partial charge in [0.1, 0.15) is 0 Å². The van der Waals surface area contributed by atoms with Crippen LogP contribution in [0, 0.1) is 0 Å². The Morgan fingerprint density at radius 3 is 2.64 bits per heavy atom. The number of hydrogen-bond donors (Lipinski definition) is 1. The van der Waals surface area contributed by atoms with Gasteiger partial charge in [0.05, 0.1) is 5.76 Å². The van der Waals surface area contributed by atoms with E-state index in [-0.39, 0.29) is 0 Å². The monoisotopic (exact) mass is 206 g/mol. The van der Waals surface area contributed by atoms with Crippen LogP contribution in [0.25, 0.3) is 0 Å². The average Bonchev–Trinajstić information content (AvgIpc) is 2.23. The summed E-state index contributed by atoms with van der Waals surface area (Å²) in [6, 6.07) is 10.5. The fourth-order valence-electron chi connectivity index (χ4n) is 1.59. The van der Waals surface area contributed by atoms with Crippen molar-refractivity contribution in [1.29, 1.82) is 0 Å². The Kier molecular flexibility index (Phi) is 3.14. The van der Waals surface area contributed by atoms with Gasteiger partial charge in [-0.25, -0.2) is 0 Å². The first-order valence-corrected chi connectivity index (χ1v) is 5.82. The highest BCUT2D eigenvalue weighted by molar-refractivity contribution is 8.00. The maximum Gasteiger partial charge on any atom is 0.0883 e. The summed E-state index contributed by atoms with van der Waals surface area (Å²) < 4.78 is 0. The van der Waals surface area contributed by atoms with Gasteiger partial charge < -0.3 is 5.11 Å². The lowest BCUT2D eigenvalue weighted by atomic mass is 10.1. The average molecular weight is 206 g/mol. The molecule has 14 heavy (non-hydrogen) atoms. The van der Waals surface area contributed by atoms with Gasteiger partial charge in [-0.05, 0) is 31.1 Å². The van der Waals surface area contributed by atoms with Crippen molar-refractivity contribution in [2.75, 3.05) is 0 Å². The highest BCUT2D eigenvalue weighted by Gasteiger charge is 2.14. The summed E-state index contributed by atoms with van der Waals surface area (Å²) in [5, 5.41) is 9.88. The first kappa shape index (κ1) is 9.66. The molecule has 1 unspecified atom stereocenters. The molecule has 0 aliphatic heterocycles. The Bertz CT molecular complexity index is 318. The minimum atomic E-state index is 0.565. The molecule has 2 heteroatoms. The number of aliphatic hydroxyl groups excluding tert-OH is 1. The molecule has 0 spiro atoms. The summed E-state index contributed by atoms with van der Waals surface area (Å²) in [5.74, 6) is 0.565. The van der Waals surface area contributed by atoms with Crippen LogP contribution in [0.3, 0.4) is 0 Å². The fourth-order valence-corrected chi connectivity index (χ4v) is 2.72. The molecule has 0 fully saturated rings. The summed E-state index contributed by atoms with van der Waals surface area (Å²) >= 11 is 1.91. The van der Waals surface area contributed by atoms with Gasteiger partial charge in [0.2, 0.25) is 0 Å². The number of benzene rings is 1. The van der Waals surface area contributed by atoms with E-state index in [0.29, 0.717) is 11.0 Å². The molecule has 74 valence electrons. The second-order valence-electron chi connectivity index (χ2n) is 3.52. The molecule has 2 rings (SSSR count). The molecule has 0 bridgehead atoms. The SMILES string of the molecule is OC1=CCC(Sc2ccccc2)CC1. The minimum Gasteiger partial charge on any atom is -0.513 e. The van der Waals surface area contributed by atoms with Gasteiger partial charge in [0.25, 0.3) is 0 Å². The highest BCUT2D eigenvalue weighted by atomic mass is 32.2. The lowest BCUT2D eigenvalue weighted by molar-refractivity contribution is 0.370. The van der Waals surface area contributed by atoms with Crippen LogP contribution in [-0.2, 0) is 0 Å². The normalized spacial score (nSPS) is 21.7. The van der Waals surface area contributed by atoms with Crippen LogP contribution < -0.4 is 0 Å². The predicted octanol–water partition coefficient (Wildman–Crippen LogP) is 3.77. The summed E-state index contributed by atoms with van der Waals surface area (Å²) in [5.41, 5.74) is 0. The highest BCUT2D eigenvalue weighted by Crippen LogP contribution is 2.32. The van der Waals surface area contributed by atoms with Crippen molar-refractivity contribution in [3.63, 3.8) is 0 Å². The number of aliphatic hydroxyl groups is 1. The van der Waals surface area contributed by atoms with Crippen molar-refractivity contribution in [2.45, 2.75) is 29.4 Å². The predicted molar refractivity (Wildman–Crippen MR) is 60.6 cm³/mol. The molecule has 0 saturated heterocycles. The van der Waals surface area contributed by atoms with Gasteiger partial charge in [-0.1, -0.05) is 18.2 Å². The van der Waals surface area contributed by atoms with Crippen LogP contribution in [-0.4, -0.2) is 10.4 Å². The molecule has 0 saturated carbocycles. The van der Waals surface area contributed by atoms with E-state index in [1.165, 1.54) is 4.90 Å². The fraction of sp³-hybridized carbons (Fsp3) is 0.333. The Labute approximate surface area is 88.8 Å². The Morgan fingerprint density at radius 1 is 1.21 bits per heavy atom. The molecular weight excluding hydrogens is 192 g/mol. The van der Waals surface area contributed by atoms with Gasteiger partial charge in [-0.2, -0.15) is 0 Å². The van der Waals surface area contributed by atoms with E-state index in [1.807, 2.05) is 23.9 Å². The lowest BCUT2D eigenvalue weighted by Gasteiger charge is -2.18. The topological polar surface area (TPSA) is 20.2 Å². The molecule has 1 aliphatic rings. The second kappa shape index (κ2) is 4.56. The zero-order valence-electron chi connectivity index (χ0n) is 8.02. The molecule has 1 aliphatic carbocycles. The molecule has 1 nitrogen and oxygen atoms in total. The van der Waals surface area contributed by atoms with E-state index >= 15 is 0 Å². The maximum atomic E-state index is 9.24. The van der Waals surface area contributed by atoms with Gasteiger partial charge in [-0.3, -0.25) is 0 Å². The van der Waals surface area contributed by atoms with Crippen molar-refractivity contribution >= 4 is 11.8 Å². The van der Waals surface area contributed by atoms with Crippen LogP contribution in [0.15, 0.2) is 47.1 Å². The van der Waals surface area contributed by atoms with Crippen LogP contribution in [0.1, 0.15) is 19.3 Å². The zero-order chi connectivity index (χ0) is 9.80. The molecule has 0 heterocycles. The Balaban J connectivity index is 1.93. The zero-order valence-corrected chi connectivity index (χ0v) is 8.83. The Hall–Kier alpha value is -0.890. The van der Waals surface area contributed by atoms with Crippen LogP contribution in [0.2, 0.25) is 0 Å². The lowest BCUT2D eigenvalue weighted by Crippen LogP contribution is -2.07. The van der Waals surface area contributed by atoms with Gasteiger partial charge in [0, 0.05) is 16.6 Å². The van der Waals surface area contributed by atoms with E-state index in [2.05, 4.69) is 24.3 Å². The van der Waals surface area contributed by atoms with Crippen LogP contribution in [0.5, 0.6) is 0 Å². The van der Waals surface area contributed by atoms with Gasteiger partial charge in [0.15, 0.2) is 0 Å². The minimum absolute atomic E-state index is 0.565. The van der Waals surface area contributed by atoms with Gasteiger partial charge in [-0.15, -0.1) is 11.8 Å². The van der Waals surface area contributed by atoms with E-state index in [4.69, 9.17) is 0 Å². The number of allylic oxidation sites excluding steroid dienone is 2. The van der Waals surface area contributed by atoms with Crippen LogP contribution >= 0.6 is 11.8 Å². The second-order valence-corrected chi connectivity index (χ2v) is 4.90. The Morgan fingerprint density at radius 2 is 2.00 bits per heavy atom. The molecule has 0 amide bonds. The van der Waals surface area contributed by atoms with E-state index in [1.54, 1.807) is 0 Å². The first-order chi connectivity index (χ1) is 6.84. The first-order valence-electron chi connectivity index (χ1n) is 4.94. The van der Waals surface area contributed by atoms with E-state index in [9.17, 15) is 5.11 Å². The van der Waals surface area contributed by atoms with Gasteiger partial charge >= 0.3 is 0 Å². The third-order valence-corrected chi connectivity index (χ3v) is 3.69. The van der Waals surface area contributed by atoms with Crippen molar-refractivity contribution in [2.24, 2.45) is 0 Å². The number of thioether (sulfide) groups is 1. The summed E-state index contributed by atoms with van der Waals surface area (Å²) in [6.45, 7) is 0. The summed E-state index contributed by atoms with van der Waals surface area (Å²) in [6.07, 6.45) is 4.86. The van der Waals surface area contributed by atoms with E-state index < -0.39 is 0 Å². The molecule has 1 N–H and O–H groups in total. The quantitative estimate of drug-likeness (QED) is 0.794. The smallest absolute Gasteiger partial charge is 0.0883 e. The number of rotatable bonds is 2. The molecule has 0 radical (unpaired) electrons. The van der Waals surface area contributed by atoms with E-state index in [0.717, 1.165) is 19.3 Å². The van der Waals surface area contributed by atoms with Crippen LogP contribution in [0.4, 0.5) is 0 Å². The molecule has 0 aromatic heterocycles. The molecule has 1 aromatic rings. The molecular formula is C12H14OS. The van der Waals surface area contributed by atoms with Crippen molar-refractivity contribution < 1.29 is 5.11 Å². The largest absolute Gasteiger partial charge is 0.513 e. The van der Waals surface area contributed by atoms with Crippen molar-refractivity contribution in [3.8, 4) is 0 Å². The standard InChI is InChI=1S/C12H14OS/c13-10-6-8-12(9-7-10)14-11-4-2-1-3-5-11/h1-6,12-13H,7-9H2. The molecule has 1 atom stereocenters. The maximum absolute atomic E-state index is 9.24. The summed E-state index contributed by atoms with van der Waals surface area (Å²) in [7, 11) is 0. The van der Waals surface area contributed by atoms with Crippen molar-refractivity contribution in [1.82, 2.24) is 0 Å².